The third-order valence-corrected chi connectivity index (χ3v) is 7.36. The summed E-state index contributed by atoms with van der Waals surface area (Å²) in [5.74, 6) is -0.00867. The first-order chi connectivity index (χ1) is 21.9. The largest absolute Gasteiger partial charge is 0.431 e. The van der Waals surface area contributed by atoms with E-state index in [-0.39, 0.29) is 0 Å². The van der Waals surface area contributed by atoms with Gasteiger partial charge in [0.05, 0.1) is 11.4 Å². The van der Waals surface area contributed by atoms with Crippen LogP contribution >= 0.6 is 0 Å². The SMILES string of the molecule is CCCCn1c(-c2ccccc2)nc(-c2ccccc2)c1CN(Cc1ccccc1)Cc1ccc(OC(F)F)c(OC(F)F)c1. The van der Waals surface area contributed by atoms with Gasteiger partial charge in [0.1, 0.15) is 5.82 Å². The monoisotopic (exact) mass is 617 g/mol. The maximum atomic E-state index is 13.2. The molecule has 0 unspecified atom stereocenters. The van der Waals surface area contributed by atoms with E-state index in [2.05, 4.69) is 38.0 Å². The van der Waals surface area contributed by atoms with E-state index >= 15 is 0 Å². The Morgan fingerprint density at radius 1 is 0.667 bits per heavy atom. The summed E-state index contributed by atoms with van der Waals surface area (Å²) in [7, 11) is 0. The molecule has 4 aromatic carbocycles. The molecular weight excluding hydrogens is 582 g/mol. The zero-order chi connectivity index (χ0) is 31.6. The number of nitrogens with zero attached hydrogens (tertiary/aromatic N) is 3. The molecule has 0 spiro atoms. The van der Waals surface area contributed by atoms with Gasteiger partial charge in [0, 0.05) is 37.3 Å². The second-order valence-electron chi connectivity index (χ2n) is 10.6. The van der Waals surface area contributed by atoms with Gasteiger partial charge in [-0.1, -0.05) is 110 Å². The molecule has 0 aliphatic rings. The van der Waals surface area contributed by atoms with Crippen molar-refractivity contribution in [3.8, 4) is 34.1 Å². The summed E-state index contributed by atoms with van der Waals surface area (Å²) in [6.45, 7) is -2.13. The number of unbranched alkanes of at least 4 members (excludes halogenated alkanes) is 1. The third-order valence-electron chi connectivity index (χ3n) is 7.36. The highest BCUT2D eigenvalue weighted by atomic mass is 19.3. The number of aromatic nitrogens is 2. The van der Waals surface area contributed by atoms with Crippen molar-refractivity contribution in [3.63, 3.8) is 0 Å². The molecule has 234 valence electrons. The molecule has 9 heteroatoms. The van der Waals surface area contributed by atoms with Crippen LogP contribution in [0.4, 0.5) is 17.6 Å². The van der Waals surface area contributed by atoms with E-state index in [4.69, 9.17) is 4.98 Å². The van der Waals surface area contributed by atoms with Crippen molar-refractivity contribution in [2.24, 2.45) is 0 Å². The van der Waals surface area contributed by atoms with Gasteiger partial charge in [0.2, 0.25) is 0 Å². The molecule has 0 aliphatic heterocycles. The topological polar surface area (TPSA) is 39.5 Å². The van der Waals surface area contributed by atoms with Crippen molar-refractivity contribution in [2.75, 3.05) is 0 Å². The first-order valence-electron chi connectivity index (χ1n) is 14.9. The molecule has 0 N–H and O–H groups in total. The van der Waals surface area contributed by atoms with Gasteiger partial charge in [-0.3, -0.25) is 4.90 Å². The Balaban J connectivity index is 1.59. The second kappa shape index (κ2) is 15.4. The zero-order valence-corrected chi connectivity index (χ0v) is 25.0. The van der Waals surface area contributed by atoms with Gasteiger partial charge in [0.15, 0.2) is 11.5 Å². The predicted molar refractivity (Wildman–Crippen MR) is 167 cm³/mol. The number of imidazole rings is 1. The molecule has 0 radical (unpaired) electrons. The predicted octanol–water partition coefficient (Wildman–Crippen LogP) is 9.42. The lowest BCUT2D eigenvalue weighted by molar-refractivity contribution is -0.0693. The average Bonchev–Trinajstić information content (AvgIpc) is 3.39. The molecule has 0 saturated heterocycles. The first kappa shape index (κ1) is 31.8. The summed E-state index contributed by atoms with van der Waals surface area (Å²) >= 11 is 0. The summed E-state index contributed by atoms with van der Waals surface area (Å²) in [4.78, 5) is 7.39. The molecule has 5 aromatic rings. The molecule has 5 nitrogen and oxygen atoms in total. The number of halogens is 4. The smallest absolute Gasteiger partial charge is 0.387 e. The van der Waals surface area contributed by atoms with Crippen LogP contribution in [-0.4, -0.2) is 27.7 Å². The lowest BCUT2D eigenvalue weighted by Crippen LogP contribution is -2.24. The Morgan fingerprint density at radius 3 is 1.87 bits per heavy atom. The first-order valence-corrected chi connectivity index (χ1v) is 14.9. The number of rotatable bonds is 15. The number of hydrogen-bond donors (Lipinski definition) is 0. The van der Waals surface area contributed by atoms with Crippen LogP contribution in [0.25, 0.3) is 22.6 Å². The third kappa shape index (κ3) is 8.51. The lowest BCUT2D eigenvalue weighted by atomic mass is 10.1. The van der Waals surface area contributed by atoms with Crippen LogP contribution in [-0.2, 0) is 26.2 Å². The highest BCUT2D eigenvalue weighted by Gasteiger charge is 2.23. The van der Waals surface area contributed by atoms with E-state index in [1.54, 1.807) is 6.07 Å². The Labute approximate surface area is 260 Å². The summed E-state index contributed by atoms with van der Waals surface area (Å²) in [5.41, 5.74) is 5.55. The highest BCUT2D eigenvalue weighted by Crippen LogP contribution is 2.34. The molecule has 0 saturated carbocycles. The molecule has 5 rings (SSSR count). The van der Waals surface area contributed by atoms with Crippen LogP contribution in [0.15, 0.2) is 109 Å². The van der Waals surface area contributed by atoms with Crippen molar-refractivity contribution in [2.45, 2.75) is 59.2 Å². The molecule has 0 fully saturated rings. The van der Waals surface area contributed by atoms with Crippen molar-refractivity contribution in [1.82, 2.24) is 14.5 Å². The van der Waals surface area contributed by atoms with E-state index in [1.807, 2.05) is 78.9 Å². The maximum absolute atomic E-state index is 13.2. The quantitative estimate of drug-likeness (QED) is 0.110. The fourth-order valence-corrected chi connectivity index (χ4v) is 5.35. The number of ether oxygens (including phenoxy) is 2. The van der Waals surface area contributed by atoms with Gasteiger partial charge in [0.25, 0.3) is 0 Å². The van der Waals surface area contributed by atoms with Gasteiger partial charge in [-0.15, -0.1) is 0 Å². The fourth-order valence-electron chi connectivity index (χ4n) is 5.35. The standard InChI is InChI=1S/C36H35F4N3O2/c1-2-3-21-43-30(33(28-15-9-5-10-16-28)41-34(43)29-17-11-6-12-18-29)25-42(23-26-13-7-4-8-14-26)24-27-19-20-31(44-35(37)38)32(22-27)45-36(39)40/h4-20,22,35-36H,2-3,21,23-25H2,1H3. The van der Waals surface area contributed by atoms with Gasteiger partial charge in [-0.25, -0.2) is 4.98 Å². The Kier molecular flexibility index (Phi) is 10.9. The van der Waals surface area contributed by atoms with Crippen molar-refractivity contribution < 1.29 is 27.0 Å². The molecule has 0 aliphatic carbocycles. The fraction of sp³-hybridized carbons (Fsp3) is 0.250. The molecule has 0 atom stereocenters. The van der Waals surface area contributed by atoms with Crippen molar-refractivity contribution in [1.29, 1.82) is 0 Å². The van der Waals surface area contributed by atoms with Crippen LogP contribution in [0.1, 0.15) is 36.6 Å². The van der Waals surface area contributed by atoms with Gasteiger partial charge >= 0.3 is 13.2 Å². The van der Waals surface area contributed by atoms with Crippen LogP contribution < -0.4 is 9.47 Å². The minimum Gasteiger partial charge on any atom is -0.431 e. The molecule has 0 bridgehead atoms. The van der Waals surface area contributed by atoms with Gasteiger partial charge in [-0.05, 0) is 29.7 Å². The second-order valence-corrected chi connectivity index (χ2v) is 10.6. The number of hydrogen-bond acceptors (Lipinski definition) is 4. The Bertz CT molecular complexity index is 1630. The molecule has 45 heavy (non-hydrogen) atoms. The van der Waals surface area contributed by atoms with Crippen molar-refractivity contribution in [3.05, 3.63) is 126 Å². The zero-order valence-electron chi connectivity index (χ0n) is 25.0. The van der Waals surface area contributed by atoms with E-state index < -0.39 is 24.7 Å². The molecule has 1 heterocycles. The number of alkyl halides is 4. The summed E-state index contributed by atoms with van der Waals surface area (Å²) in [6.07, 6.45) is 1.95. The normalized spacial score (nSPS) is 11.5. The lowest BCUT2D eigenvalue weighted by Gasteiger charge is -2.25. The summed E-state index contributed by atoms with van der Waals surface area (Å²) in [6, 6.07) is 34.2. The van der Waals surface area contributed by atoms with Crippen LogP contribution in [0, 0.1) is 0 Å². The van der Waals surface area contributed by atoms with Crippen LogP contribution in [0.2, 0.25) is 0 Å². The molecular formula is C36H35F4N3O2. The van der Waals surface area contributed by atoms with E-state index in [1.165, 1.54) is 12.1 Å². The Hall–Kier alpha value is -4.63. The van der Waals surface area contributed by atoms with Crippen molar-refractivity contribution >= 4 is 0 Å². The van der Waals surface area contributed by atoms with Gasteiger partial charge < -0.3 is 14.0 Å². The number of benzene rings is 4. The maximum Gasteiger partial charge on any atom is 0.387 e. The molecule has 1 aromatic heterocycles. The summed E-state index contributed by atoms with van der Waals surface area (Å²) in [5, 5.41) is 0. The summed E-state index contributed by atoms with van der Waals surface area (Å²) < 4.78 is 63.7. The Morgan fingerprint density at radius 2 is 1.24 bits per heavy atom. The minimum absolute atomic E-state index is 0.317. The van der Waals surface area contributed by atoms with E-state index in [0.29, 0.717) is 25.2 Å². The average molecular weight is 618 g/mol. The van der Waals surface area contributed by atoms with E-state index in [0.717, 1.165) is 53.3 Å². The molecule has 0 amide bonds. The van der Waals surface area contributed by atoms with Gasteiger partial charge in [-0.2, -0.15) is 17.6 Å². The van der Waals surface area contributed by atoms with Crippen LogP contribution in [0.3, 0.4) is 0 Å². The minimum atomic E-state index is -3.20. The van der Waals surface area contributed by atoms with Crippen LogP contribution in [0.5, 0.6) is 11.5 Å². The highest BCUT2D eigenvalue weighted by molar-refractivity contribution is 5.68. The van der Waals surface area contributed by atoms with E-state index in [9.17, 15) is 17.6 Å².